The lowest BCUT2D eigenvalue weighted by Gasteiger charge is -2.41. The van der Waals surface area contributed by atoms with Crippen LogP contribution >= 0.6 is 0 Å². The molecule has 100 valence electrons. The molecule has 18 heavy (non-hydrogen) atoms. The summed E-state index contributed by atoms with van der Waals surface area (Å²) >= 11 is 0. The molecule has 1 aromatic carbocycles. The molecule has 1 aromatic rings. The first-order valence-electron chi connectivity index (χ1n) is 9.84. The number of hydrogen-bond acceptors (Lipinski definition) is 3. The van der Waals surface area contributed by atoms with Crippen molar-refractivity contribution in [3.8, 4) is 5.75 Å². The van der Waals surface area contributed by atoms with Gasteiger partial charge in [0.15, 0.2) is 0 Å². The van der Waals surface area contributed by atoms with Crippen LogP contribution in [0.1, 0.15) is 39.4 Å². The van der Waals surface area contributed by atoms with Crippen LogP contribution < -0.4 is 0 Å². The molecule has 0 bridgehead atoms. The SMILES string of the molecule is [2H]Oc1cccc([C@]2(O[2H])C([2H])([2H])CCC[C@@]2([2H])CN(C)C([2H])([2H])[2H])c1. The Balaban J connectivity index is 2.64. The van der Waals surface area contributed by atoms with E-state index in [9.17, 15) is 0 Å². The normalized spacial score (nSPS) is 42.3. The second-order valence-corrected chi connectivity index (χ2v) is 4.70. The van der Waals surface area contributed by atoms with Gasteiger partial charge in [0.25, 0.3) is 1.43 Å². The number of hydrogen-bond donors (Lipinski definition) is 2. The molecular weight excluding hydrogens is 226 g/mol. The van der Waals surface area contributed by atoms with E-state index in [1.54, 1.807) is 0 Å². The highest BCUT2D eigenvalue weighted by atomic mass is 16.3. The van der Waals surface area contributed by atoms with E-state index in [4.69, 9.17) is 16.2 Å². The Hall–Kier alpha value is -1.06. The van der Waals surface area contributed by atoms with Crippen molar-refractivity contribution < 1.29 is 18.4 Å². The van der Waals surface area contributed by atoms with E-state index in [1.807, 2.05) is 0 Å². The van der Waals surface area contributed by atoms with Crippen LogP contribution in [0.4, 0.5) is 0 Å². The Bertz CT molecular complexity index is 640. The lowest BCUT2D eigenvalue weighted by atomic mass is 9.71. The standard InChI is InChI=1S/C15H23NO2/c1-16(2)11-13-6-3-4-9-15(13,18)12-7-5-8-14(17)10-12/h5,7-8,10,13,17-18H,3-4,6,9,11H2,1-2H3/t13-,15+/m0/s1/i1D3,9D2,13D,18D/hD. The van der Waals surface area contributed by atoms with E-state index in [2.05, 4.69) is 5.11 Å². The van der Waals surface area contributed by atoms with Gasteiger partial charge in [-0.2, -0.15) is 0 Å². The van der Waals surface area contributed by atoms with Crippen molar-refractivity contribution in [1.82, 2.24) is 4.90 Å². The number of aliphatic hydroxyl groups is 1. The zero-order chi connectivity index (χ0) is 19.8. The molecular formula is C15H23NO2. The van der Waals surface area contributed by atoms with Gasteiger partial charge in [-0.1, -0.05) is 25.0 Å². The third kappa shape index (κ3) is 2.68. The van der Waals surface area contributed by atoms with Crippen molar-refractivity contribution in [2.24, 2.45) is 5.89 Å². The molecule has 3 nitrogen and oxygen atoms in total. The smallest absolute Gasteiger partial charge is 0.293 e. The van der Waals surface area contributed by atoms with Gasteiger partial charge in [0.1, 0.15) is 5.75 Å². The molecule has 1 aliphatic rings. The van der Waals surface area contributed by atoms with Gasteiger partial charge in [-0.15, -0.1) is 0 Å². The van der Waals surface area contributed by atoms with Crippen LogP contribution in [0.2, 0.25) is 0 Å². The number of phenols is 1. The molecule has 0 saturated heterocycles. The zero-order valence-electron chi connectivity index (χ0n) is 18.4. The molecule has 0 heterocycles. The second kappa shape index (κ2) is 5.29. The lowest BCUT2D eigenvalue weighted by Crippen LogP contribution is -2.43. The van der Waals surface area contributed by atoms with Crippen LogP contribution in [0.15, 0.2) is 24.3 Å². The fourth-order valence-corrected chi connectivity index (χ4v) is 2.37. The third-order valence-corrected chi connectivity index (χ3v) is 3.20. The summed E-state index contributed by atoms with van der Waals surface area (Å²) in [5, 5.41) is 9.43. The second-order valence-electron chi connectivity index (χ2n) is 4.70. The van der Waals surface area contributed by atoms with Crippen molar-refractivity contribution >= 4 is 0 Å². The van der Waals surface area contributed by atoms with E-state index in [1.165, 1.54) is 31.3 Å². The summed E-state index contributed by atoms with van der Waals surface area (Å²) in [7, 11) is 1.34. The van der Waals surface area contributed by atoms with Gasteiger partial charge in [0, 0.05) is 20.7 Å². The summed E-state index contributed by atoms with van der Waals surface area (Å²) in [6.45, 7) is -2.77. The van der Waals surface area contributed by atoms with Gasteiger partial charge in [-0.25, -0.2) is 0 Å². The predicted octanol–water partition coefficient (Wildman–Crippen LogP) is 2.33. The highest BCUT2D eigenvalue weighted by Crippen LogP contribution is 2.42. The van der Waals surface area contributed by atoms with Crippen molar-refractivity contribution in [1.29, 1.82) is 2.86 Å². The van der Waals surface area contributed by atoms with Crippen molar-refractivity contribution in [2.45, 2.75) is 31.2 Å². The number of phenolic OH excluding ortho intramolecular Hbond substituents is 1. The summed E-state index contributed by atoms with van der Waals surface area (Å²) in [6, 6.07) is 5.90. The first kappa shape index (κ1) is 6.40. The quantitative estimate of drug-likeness (QED) is 0.851. The summed E-state index contributed by atoms with van der Waals surface area (Å²) in [6.07, 6.45) is -1.50. The lowest BCUT2D eigenvalue weighted by molar-refractivity contribution is -0.0619. The third-order valence-electron chi connectivity index (χ3n) is 3.20. The maximum absolute atomic E-state index is 8.99. The van der Waals surface area contributed by atoms with E-state index < -0.39 is 24.8 Å². The molecule has 3 heteroatoms. The van der Waals surface area contributed by atoms with Crippen LogP contribution in [0.5, 0.6) is 5.75 Å². The molecule has 1 aliphatic carbocycles. The summed E-state index contributed by atoms with van der Waals surface area (Å²) in [5.41, 5.74) is -1.86. The molecule has 0 amide bonds. The first-order valence-corrected chi connectivity index (χ1v) is 6.03. The largest absolute Gasteiger partial charge is 0.508 e. The summed E-state index contributed by atoms with van der Waals surface area (Å²) < 4.78 is 63.4. The first-order chi connectivity index (χ1) is 11.9. The molecule has 0 spiro atoms. The average Bonchev–Trinajstić information content (AvgIpc) is 2.53. The Morgan fingerprint density at radius 2 is 2.61 bits per heavy atom. The molecule has 1 fully saturated rings. The van der Waals surface area contributed by atoms with Crippen LogP contribution in [0, 0.1) is 5.89 Å². The Morgan fingerprint density at radius 3 is 3.39 bits per heavy atom. The van der Waals surface area contributed by atoms with Crippen LogP contribution in [-0.2, 0) is 5.60 Å². The van der Waals surface area contributed by atoms with E-state index >= 15 is 0 Å². The van der Waals surface area contributed by atoms with E-state index in [0.29, 0.717) is 6.42 Å². The van der Waals surface area contributed by atoms with E-state index in [0.717, 1.165) is 4.90 Å². The van der Waals surface area contributed by atoms with Gasteiger partial charge in [-0.05, 0) is 44.5 Å². The molecule has 1 saturated carbocycles. The Morgan fingerprint density at radius 1 is 1.67 bits per heavy atom. The number of aromatic hydroxyl groups is 1. The average molecular weight is 257 g/mol. The fraction of sp³-hybridized carbons (Fsp3) is 0.600. The molecule has 0 aromatic heterocycles. The minimum Gasteiger partial charge on any atom is -0.508 e. The van der Waals surface area contributed by atoms with E-state index in [-0.39, 0.29) is 30.7 Å². The van der Waals surface area contributed by atoms with Crippen molar-refractivity contribution in [3.63, 3.8) is 0 Å². The van der Waals surface area contributed by atoms with Gasteiger partial charge >= 0.3 is 0 Å². The molecule has 2 atom stereocenters. The van der Waals surface area contributed by atoms with Gasteiger partial charge in [0.05, 0.1) is 5.60 Å². The maximum Gasteiger partial charge on any atom is 0.293 e. The van der Waals surface area contributed by atoms with Crippen molar-refractivity contribution in [3.05, 3.63) is 29.8 Å². The highest BCUT2D eigenvalue weighted by molar-refractivity contribution is 5.32. The Kier molecular flexibility index (Phi) is 1.88. The summed E-state index contributed by atoms with van der Waals surface area (Å²) in [4.78, 5) is 1.00. The van der Waals surface area contributed by atoms with Crippen molar-refractivity contribution in [2.75, 3.05) is 20.6 Å². The zero-order valence-corrected chi connectivity index (χ0v) is 10.4. The topological polar surface area (TPSA) is 43.7 Å². The number of rotatable bonds is 5. The summed E-state index contributed by atoms with van der Waals surface area (Å²) in [5.74, 6) is -1.62. The van der Waals surface area contributed by atoms with Crippen LogP contribution in [0.3, 0.4) is 0 Å². The predicted molar refractivity (Wildman–Crippen MR) is 72.5 cm³/mol. The molecule has 0 unspecified atom stereocenters. The molecule has 2 rings (SSSR count). The monoisotopic (exact) mass is 257 g/mol. The fourth-order valence-electron chi connectivity index (χ4n) is 2.37. The molecule has 0 aliphatic heterocycles. The minimum atomic E-state index is -2.46. The molecule has 2 N–H and O–H groups in total. The van der Waals surface area contributed by atoms with Crippen LogP contribution in [-0.4, -0.2) is 38.5 Å². The Labute approximate surface area is 120 Å². The molecule has 0 radical (unpaired) electrons. The number of benzene rings is 1. The van der Waals surface area contributed by atoms with Gasteiger partial charge in [0.2, 0.25) is 1.43 Å². The van der Waals surface area contributed by atoms with Gasteiger partial charge < -0.3 is 15.1 Å². The van der Waals surface area contributed by atoms with Crippen LogP contribution in [0.25, 0.3) is 0 Å². The maximum atomic E-state index is 8.99. The van der Waals surface area contributed by atoms with Gasteiger partial charge in [-0.3, -0.25) is 0 Å². The number of nitrogens with zero attached hydrogens (tertiary/aromatic N) is 1. The highest BCUT2D eigenvalue weighted by Gasteiger charge is 2.40. The minimum absolute atomic E-state index is 0.0654.